The maximum Gasteiger partial charge on any atom is 0.330 e. The number of carbonyl (C=O) groups excluding carboxylic acids is 2. The van der Waals surface area contributed by atoms with Gasteiger partial charge in [0.15, 0.2) is 12.4 Å². The second kappa shape index (κ2) is 35.6. The molecule has 58 heavy (non-hydrogen) atoms. The molecule has 0 aromatic carbocycles. The highest BCUT2D eigenvalue weighted by Gasteiger charge is 2.46. The molecule has 1 aliphatic heterocycles. The lowest BCUT2D eigenvalue weighted by Crippen LogP contribution is -2.60. The summed E-state index contributed by atoms with van der Waals surface area (Å²) in [6.45, 7) is 3.62. The molecule has 2 unspecified atom stereocenters. The van der Waals surface area contributed by atoms with Crippen LogP contribution in [-0.4, -0.2) is 96.0 Å². The van der Waals surface area contributed by atoms with Crippen LogP contribution in [0.4, 0.5) is 0 Å². The summed E-state index contributed by atoms with van der Waals surface area (Å²) in [6.07, 6.45) is 31.2. The largest absolute Gasteiger partial charge is 0.458 e. The van der Waals surface area contributed by atoms with E-state index in [0.717, 1.165) is 25.7 Å². The van der Waals surface area contributed by atoms with Crippen LogP contribution in [0.1, 0.15) is 181 Å². The summed E-state index contributed by atoms with van der Waals surface area (Å²) in [4.78, 5) is 25.2. The van der Waals surface area contributed by atoms with E-state index < -0.39 is 77.8 Å². The maximum atomic E-state index is 12.8. The van der Waals surface area contributed by atoms with Crippen molar-refractivity contribution in [2.75, 3.05) is 19.0 Å². The Morgan fingerprint density at radius 1 is 0.621 bits per heavy atom. The maximum absolute atomic E-state index is 12.8. The SMILES string of the molecule is CCCCCCCCCCCCC/C=C/C=C/C(=O)OC[C@H](CO[C@H]1O[C@H](CS(=O)(=O)O)[C@@H](O)C(O)C1O)OC(=O)CC/C=C/CCCCCCCCCCCCC. The number of rotatable bonds is 37. The van der Waals surface area contributed by atoms with Gasteiger partial charge < -0.3 is 34.3 Å². The van der Waals surface area contributed by atoms with Crippen LogP contribution < -0.4 is 0 Å². The minimum absolute atomic E-state index is 0.0624. The van der Waals surface area contributed by atoms with E-state index in [1.165, 1.54) is 134 Å². The summed E-state index contributed by atoms with van der Waals surface area (Å²) < 4.78 is 53.8. The van der Waals surface area contributed by atoms with E-state index in [9.17, 15) is 37.9 Å². The van der Waals surface area contributed by atoms with E-state index >= 15 is 0 Å². The van der Waals surface area contributed by atoms with E-state index in [2.05, 4.69) is 19.9 Å². The van der Waals surface area contributed by atoms with E-state index in [-0.39, 0.29) is 6.42 Å². The monoisotopic (exact) mass is 845 g/mol. The second-order valence-electron chi connectivity index (χ2n) is 15.8. The second-order valence-corrected chi connectivity index (χ2v) is 17.3. The molecule has 338 valence electrons. The molecular formula is C45H80O12S. The van der Waals surface area contributed by atoms with Crippen molar-refractivity contribution >= 4 is 22.1 Å². The Kier molecular flexibility index (Phi) is 33.1. The Bertz CT molecular complexity index is 1220. The number of aliphatic hydroxyl groups excluding tert-OH is 3. The minimum Gasteiger partial charge on any atom is -0.458 e. The number of aliphatic hydroxyl groups is 3. The van der Waals surface area contributed by atoms with Gasteiger partial charge in [0.1, 0.15) is 36.8 Å². The molecule has 13 heteroatoms. The standard InChI is InChI=1S/C45H80O12S/c1-3-5-7-9-11-13-15-17-19-21-23-25-27-29-31-33-40(46)54-35-38(36-55-45-44(50)43(49)42(48)39(57-45)37-58(51,52)53)56-41(47)34-32-30-28-26-24-22-20-18-16-14-12-10-8-6-4-2/h27-31,33,38-39,42-45,48-50H,3-26,32,34-37H2,1-2H3,(H,51,52,53)/b29-27+,30-28+,33-31+/t38-,39-,42-,43?,44?,45+/m1/s1. The third kappa shape index (κ3) is 30.0. The van der Waals surface area contributed by atoms with Crippen molar-refractivity contribution in [3.63, 3.8) is 0 Å². The van der Waals surface area contributed by atoms with Crippen LogP contribution in [0, 0.1) is 0 Å². The first-order chi connectivity index (χ1) is 28.0. The third-order valence-corrected chi connectivity index (χ3v) is 11.1. The van der Waals surface area contributed by atoms with Crippen LogP contribution >= 0.6 is 0 Å². The quantitative estimate of drug-likeness (QED) is 0.0116. The molecule has 0 amide bonds. The molecule has 12 nitrogen and oxygen atoms in total. The highest BCUT2D eigenvalue weighted by atomic mass is 32.2. The minimum atomic E-state index is -4.61. The van der Waals surface area contributed by atoms with Crippen LogP contribution in [0.5, 0.6) is 0 Å². The fraction of sp³-hybridized carbons (Fsp3) is 0.822. The fourth-order valence-electron chi connectivity index (χ4n) is 6.78. The first kappa shape index (κ1) is 53.9. The summed E-state index contributed by atoms with van der Waals surface area (Å²) in [6, 6.07) is 0. The molecule has 1 fully saturated rings. The van der Waals surface area contributed by atoms with Crippen molar-refractivity contribution in [1.82, 2.24) is 0 Å². The molecule has 0 spiro atoms. The zero-order chi connectivity index (χ0) is 42.7. The lowest BCUT2D eigenvalue weighted by molar-refractivity contribution is -0.297. The Morgan fingerprint density at radius 2 is 1.10 bits per heavy atom. The van der Waals surface area contributed by atoms with Gasteiger partial charge in [0, 0.05) is 12.5 Å². The third-order valence-electron chi connectivity index (χ3n) is 10.3. The summed E-state index contributed by atoms with van der Waals surface area (Å²) >= 11 is 0. The van der Waals surface area contributed by atoms with Gasteiger partial charge in [0.25, 0.3) is 10.1 Å². The van der Waals surface area contributed by atoms with Crippen molar-refractivity contribution in [1.29, 1.82) is 0 Å². The number of hydrogen-bond acceptors (Lipinski definition) is 11. The zero-order valence-corrected chi connectivity index (χ0v) is 36.7. The molecule has 0 aromatic heterocycles. The van der Waals surface area contributed by atoms with Gasteiger partial charge in [-0.1, -0.05) is 173 Å². The smallest absolute Gasteiger partial charge is 0.330 e. The Morgan fingerprint density at radius 3 is 1.62 bits per heavy atom. The lowest BCUT2D eigenvalue weighted by atomic mass is 10.00. The lowest BCUT2D eigenvalue weighted by Gasteiger charge is -2.40. The Balaban J connectivity index is 2.52. The van der Waals surface area contributed by atoms with Crippen LogP contribution in [-0.2, 0) is 38.7 Å². The zero-order valence-electron chi connectivity index (χ0n) is 35.9. The topological polar surface area (TPSA) is 186 Å². The summed E-state index contributed by atoms with van der Waals surface area (Å²) in [7, 11) is -4.61. The van der Waals surface area contributed by atoms with Crippen molar-refractivity contribution in [2.24, 2.45) is 0 Å². The number of allylic oxidation sites excluding steroid dienone is 5. The molecule has 1 rings (SSSR count). The van der Waals surface area contributed by atoms with Crippen molar-refractivity contribution in [2.45, 2.75) is 218 Å². The molecule has 0 aliphatic carbocycles. The van der Waals surface area contributed by atoms with E-state index in [4.69, 9.17) is 18.9 Å². The van der Waals surface area contributed by atoms with Gasteiger partial charge in [0.2, 0.25) is 0 Å². The van der Waals surface area contributed by atoms with Crippen molar-refractivity contribution < 1.29 is 56.8 Å². The predicted octanol–water partition coefficient (Wildman–Crippen LogP) is 9.00. The average Bonchev–Trinajstić information content (AvgIpc) is 3.18. The van der Waals surface area contributed by atoms with Crippen LogP contribution in [0.15, 0.2) is 36.5 Å². The highest BCUT2D eigenvalue weighted by molar-refractivity contribution is 7.85. The number of unbranched alkanes of at least 4 members (excludes halogenated alkanes) is 22. The first-order valence-electron chi connectivity index (χ1n) is 22.6. The highest BCUT2D eigenvalue weighted by Crippen LogP contribution is 2.24. The summed E-state index contributed by atoms with van der Waals surface area (Å²) in [5.41, 5.74) is 0. The van der Waals surface area contributed by atoms with Gasteiger partial charge in [0.05, 0.1) is 6.61 Å². The predicted molar refractivity (Wildman–Crippen MR) is 229 cm³/mol. The molecule has 1 heterocycles. The summed E-state index contributed by atoms with van der Waals surface area (Å²) in [5.74, 6) is -2.30. The van der Waals surface area contributed by atoms with Crippen LogP contribution in [0.25, 0.3) is 0 Å². The van der Waals surface area contributed by atoms with Crippen LogP contribution in [0.2, 0.25) is 0 Å². The average molecular weight is 845 g/mol. The Labute approximate surface area is 351 Å². The van der Waals surface area contributed by atoms with Gasteiger partial charge in [-0.25, -0.2) is 4.79 Å². The van der Waals surface area contributed by atoms with E-state index in [0.29, 0.717) is 6.42 Å². The molecule has 0 aromatic rings. The van der Waals surface area contributed by atoms with Gasteiger partial charge in [-0.3, -0.25) is 9.35 Å². The number of ether oxygens (including phenoxy) is 4. The molecule has 0 saturated carbocycles. The molecular weight excluding hydrogens is 765 g/mol. The van der Waals surface area contributed by atoms with Gasteiger partial charge in [-0.2, -0.15) is 8.42 Å². The van der Waals surface area contributed by atoms with Gasteiger partial charge in [-0.05, 0) is 32.1 Å². The number of carbonyl (C=O) groups is 2. The van der Waals surface area contributed by atoms with Gasteiger partial charge >= 0.3 is 11.9 Å². The molecule has 0 bridgehead atoms. The molecule has 1 saturated heterocycles. The van der Waals surface area contributed by atoms with E-state index in [1.807, 2.05) is 12.2 Å². The molecule has 6 atom stereocenters. The summed E-state index contributed by atoms with van der Waals surface area (Å²) in [5, 5.41) is 30.8. The fourth-order valence-corrected chi connectivity index (χ4v) is 7.48. The van der Waals surface area contributed by atoms with E-state index in [1.54, 1.807) is 12.2 Å². The van der Waals surface area contributed by atoms with Gasteiger partial charge in [-0.15, -0.1) is 0 Å². The van der Waals surface area contributed by atoms with Crippen LogP contribution in [0.3, 0.4) is 0 Å². The normalized spacial score (nSPS) is 20.7. The first-order valence-corrected chi connectivity index (χ1v) is 24.2. The molecule has 0 radical (unpaired) electrons. The Hall–Kier alpha value is -2.13. The number of esters is 2. The molecule has 4 N–H and O–H groups in total. The van der Waals surface area contributed by atoms with Crippen molar-refractivity contribution in [3.8, 4) is 0 Å². The number of hydrogen-bond donors (Lipinski definition) is 4. The van der Waals surface area contributed by atoms with Crippen molar-refractivity contribution in [3.05, 3.63) is 36.5 Å². The molecule has 1 aliphatic rings.